The van der Waals surface area contributed by atoms with E-state index < -0.39 is 0 Å². The Kier molecular flexibility index (Phi) is 3.19. The van der Waals surface area contributed by atoms with Crippen LogP contribution in [0.25, 0.3) is 11.3 Å². The van der Waals surface area contributed by atoms with Crippen LogP contribution in [0.4, 0.5) is 5.82 Å². The van der Waals surface area contributed by atoms with Crippen molar-refractivity contribution in [3.8, 4) is 11.3 Å². The number of nitrogens with zero attached hydrogens (tertiary/aromatic N) is 1. The van der Waals surface area contributed by atoms with Gasteiger partial charge in [-0.25, -0.2) is 0 Å². The predicted octanol–water partition coefficient (Wildman–Crippen LogP) is 3.16. The quantitative estimate of drug-likeness (QED) is 0.801. The largest absolute Gasteiger partial charge is 0.382 e. The van der Waals surface area contributed by atoms with E-state index in [0.717, 1.165) is 11.3 Å². The molecule has 0 aliphatic heterocycles. The van der Waals surface area contributed by atoms with Gasteiger partial charge in [0.05, 0.1) is 5.69 Å². The molecule has 1 heterocycles. The van der Waals surface area contributed by atoms with E-state index in [1.807, 2.05) is 17.8 Å². The summed E-state index contributed by atoms with van der Waals surface area (Å²) in [5.41, 5.74) is 7.63. The standard InChI is InChI=1S/C12H15N3S/c1-8(2)16-10-5-3-9(4-6-10)11-7-12(13)15-14-11/h3-8H,1-2H3,(H3,13,14,15). The highest BCUT2D eigenvalue weighted by molar-refractivity contribution is 7.99. The summed E-state index contributed by atoms with van der Waals surface area (Å²) in [5, 5.41) is 7.42. The molecule has 3 N–H and O–H groups in total. The first kappa shape index (κ1) is 11.1. The van der Waals surface area contributed by atoms with Crippen molar-refractivity contribution < 1.29 is 0 Å². The van der Waals surface area contributed by atoms with Crippen LogP contribution in [0.5, 0.6) is 0 Å². The lowest BCUT2D eigenvalue weighted by molar-refractivity contribution is 1.10. The monoisotopic (exact) mass is 233 g/mol. The minimum atomic E-state index is 0.524. The Morgan fingerprint density at radius 1 is 1.25 bits per heavy atom. The number of hydrogen-bond acceptors (Lipinski definition) is 3. The fourth-order valence-corrected chi connectivity index (χ4v) is 2.31. The van der Waals surface area contributed by atoms with Crippen LogP contribution >= 0.6 is 11.8 Å². The summed E-state index contributed by atoms with van der Waals surface area (Å²) < 4.78 is 0. The Hall–Kier alpha value is -1.42. The van der Waals surface area contributed by atoms with E-state index in [9.17, 15) is 0 Å². The molecular weight excluding hydrogens is 218 g/mol. The summed E-state index contributed by atoms with van der Waals surface area (Å²) in [4.78, 5) is 1.28. The van der Waals surface area contributed by atoms with Gasteiger partial charge < -0.3 is 5.73 Å². The minimum Gasteiger partial charge on any atom is -0.382 e. The second-order valence-corrected chi connectivity index (χ2v) is 5.55. The average Bonchev–Trinajstić information content (AvgIpc) is 2.65. The fraction of sp³-hybridized carbons (Fsp3) is 0.250. The third kappa shape index (κ3) is 2.58. The Labute approximate surface area is 99.4 Å². The molecule has 0 aliphatic carbocycles. The Balaban J connectivity index is 2.19. The van der Waals surface area contributed by atoms with Crippen LogP contribution in [0.2, 0.25) is 0 Å². The summed E-state index contributed by atoms with van der Waals surface area (Å²) >= 11 is 1.86. The van der Waals surface area contributed by atoms with Crippen LogP contribution in [0.1, 0.15) is 13.8 Å². The molecule has 4 heteroatoms. The lowest BCUT2D eigenvalue weighted by atomic mass is 10.1. The molecule has 2 aromatic rings. The highest BCUT2D eigenvalue weighted by Gasteiger charge is 2.02. The number of nitrogen functional groups attached to an aromatic ring is 1. The number of benzene rings is 1. The first-order valence-corrected chi connectivity index (χ1v) is 6.11. The summed E-state index contributed by atoms with van der Waals surface area (Å²) in [6.07, 6.45) is 0. The molecule has 0 bridgehead atoms. The zero-order valence-corrected chi connectivity index (χ0v) is 10.2. The second-order valence-electron chi connectivity index (χ2n) is 3.90. The summed E-state index contributed by atoms with van der Waals surface area (Å²) in [6.45, 7) is 4.38. The van der Waals surface area contributed by atoms with Gasteiger partial charge in [0.25, 0.3) is 0 Å². The smallest absolute Gasteiger partial charge is 0.145 e. The summed E-state index contributed by atoms with van der Waals surface area (Å²) in [5.74, 6) is 0.524. The van der Waals surface area contributed by atoms with Crippen LogP contribution in [-0.2, 0) is 0 Å². The molecule has 16 heavy (non-hydrogen) atoms. The molecule has 1 aromatic heterocycles. The molecule has 0 saturated carbocycles. The third-order valence-electron chi connectivity index (χ3n) is 2.13. The average molecular weight is 233 g/mol. The van der Waals surface area contributed by atoms with Gasteiger partial charge in [-0.2, -0.15) is 5.10 Å². The molecule has 2 rings (SSSR count). The lowest BCUT2D eigenvalue weighted by Gasteiger charge is -2.05. The van der Waals surface area contributed by atoms with Gasteiger partial charge in [0.2, 0.25) is 0 Å². The molecular formula is C12H15N3S. The van der Waals surface area contributed by atoms with Crippen LogP contribution in [0, 0.1) is 0 Å². The van der Waals surface area contributed by atoms with Gasteiger partial charge >= 0.3 is 0 Å². The van der Waals surface area contributed by atoms with E-state index in [0.29, 0.717) is 11.1 Å². The first-order chi connectivity index (χ1) is 7.65. The number of nitrogens with one attached hydrogen (secondary N) is 1. The number of anilines is 1. The Bertz CT molecular complexity index is 459. The van der Waals surface area contributed by atoms with E-state index in [1.54, 1.807) is 0 Å². The number of aromatic amines is 1. The molecule has 84 valence electrons. The minimum absolute atomic E-state index is 0.524. The van der Waals surface area contributed by atoms with Gasteiger partial charge in [0.15, 0.2) is 0 Å². The van der Waals surface area contributed by atoms with Gasteiger partial charge in [-0.1, -0.05) is 26.0 Å². The molecule has 0 saturated heterocycles. The van der Waals surface area contributed by atoms with E-state index in [2.05, 4.69) is 48.3 Å². The number of hydrogen-bond donors (Lipinski definition) is 2. The molecule has 0 atom stereocenters. The SMILES string of the molecule is CC(C)Sc1ccc(-c2cc(N)n[nH]2)cc1. The maximum atomic E-state index is 5.57. The van der Waals surface area contributed by atoms with Crippen LogP contribution in [-0.4, -0.2) is 15.4 Å². The molecule has 0 fully saturated rings. The normalized spacial score (nSPS) is 10.9. The van der Waals surface area contributed by atoms with Crippen molar-refractivity contribution in [1.29, 1.82) is 0 Å². The molecule has 3 nitrogen and oxygen atoms in total. The highest BCUT2D eigenvalue weighted by atomic mass is 32.2. The van der Waals surface area contributed by atoms with Gasteiger partial charge in [-0.3, -0.25) is 5.10 Å². The zero-order chi connectivity index (χ0) is 11.5. The van der Waals surface area contributed by atoms with Crippen LogP contribution in [0.3, 0.4) is 0 Å². The first-order valence-electron chi connectivity index (χ1n) is 5.23. The number of aromatic nitrogens is 2. The third-order valence-corrected chi connectivity index (χ3v) is 3.15. The number of H-pyrrole nitrogens is 1. The van der Waals surface area contributed by atoms with E-state index >= 15 is 0 Å². The van der Waals surface area contributed by atoms with Gasteiger partial charge in [-0.05, 0) is 17.7 Å². The van der Waals surface area contributed by atoms with Crippen LogP contribution in [0.15, 0.2) is 35.2 Å². The maximum absolute atomic E-state index is 5.57. The summed E-state index contributed by atoms with van der Waals surface area (Å²) in [6, 6.07) is 10.2. The van der Waals surface area contributed by atoms with E-state index in [1.165, 1.54) is 4.90 Å². The lowest BCUT2D eigenvalue weighted by Crippen LogP contribution is -1.85. The van der Waals surface area contributed by atoms with Gasteiger partial charge in [-0.15, -0.1) is 11.8 Å². The molecule has 0 aliphatic rings. The van der Waals surface area contributed by atoms with Crippen molar-refractivity contribution in [1.82, 2.24) is 10.2 Å². The second kappa shape index (κ2) is 4.61. The van der Waals surface area contributed by atoms with Crippen molar-refractivity contribution in [2.75, 3.05) is 5.73 Å². The fourth-order valence-electron chi connectivity index (χ4n) is 1.47. The van der Waals surface area contributed by atoms with Crippen molar-refractivity contribution >= 4 is 17.6 Å². The van der Waals surface area contributed by atoms with E-state index in [-0.39, 0.29) is 0 Å². The molecule has 0 radical (unpaired) electrons. The predicted molar refractivity (Wildman–Crippen MR) is 69.4 cm³/mol. The van der Waals surface area contributed by atoms with Crippen molar-refractivity contribution in [2.24, 2.45) is 0 Å². The summed E-state index contributed by atoms with van der Waals surface area (Å²) in [7, 11) is 0. The zero-order valence-electron chi connectivity index (χ0n) is 9.40. The number of thioether (sulfide) groups is 1. The topological polar surface area (TPSA) is 54.7 Å². The molecule has 0 amide bonds. The Morgan fingerprint density at radius 2 is 1.94 bits per heavy atom. The molecule has 1 aromatic carbocycles. The van der Waals surface area contributed by atoms with Crippen molar-refractivity contribution in [3.63, 3.8) is 0 Å². The van der Waals surface area contributed by atoms with Crippen molar-refractivity contribution in [2.45, 2.75) is 24.0 Å². The van der Waals surface area contributed by atoms with Crippen molar-refractivity contribution in [3.05, 3.63) is 30.3 Å². The highest BCUT2D eigenvalue weighted by Crippen LogP contribution is 2.26. The van der Waals surface area contributed by atoms with Gasteiger partial charge in [0.1, 0.15) is 5.82 Å². The molecule has 0 spiro atoms. The maximum Gasteiger partial charge on any atom is 0.145 e. The Morgan fingerprint density at radius 3 is 2.44 bits per heavy atom. The van der Waals surface area contributed by atoms with E-state index in [4.69, 9.17) is 5.73 Å². The molecule has 0 unspecified atom stereocenters. The number of nitrogens with two attached hydrogens (primary N) is 1. The van der Waals surface area contributed by atoms with Crippen LogP contribution < -0.4 is 5.73 Å². The number of rotatable bonds is 3. The van der Waals surface area contributed by atoms with Gasteiger partial charge in [0, 0.05) is 16.2 Å².